The second-order valence-corrected chi connectivity index (χ2v) is 8.29. The fourth-order valence-electron chi connectivity index (χ4n) is 0.443. The molecule has 0 saturated heterocycles. The van der Waals surface area contributed by atoms with Gasteiger partial charge in [-0.25, -0.2) is 0 Å². The van der Waals surface area contributed by atoms with Crippen LogP contribution in [0.3, 0.4) is 0 Å². The molecule has 0 aromatic carbocycles. The standard InChI is InChI=1S/C6H15O2PS2.Sb/c1-3-5-8-9(7,10)11-6-4-2;/h3-6H2,1-2H3,(H,7,10);/q;+3/p-1. The minimum Gasteiger partial charge on any atom is -0.793 e. The van der Waals surface area contributed by atoms with E-state index in [-0.39, 0.29) is 24.4 Å². The van der Waals surface area contributed by atoms with Crippen LogP contribution in [0.1, 0.15) is 26.7 Å². The maximum atomic E-state index is 11.3. The van der Waals surface area contributed by atoms with Crippen LogP contribution in [0.4, 0.5) is 0 Å². The monoisotopic (exact) mass is 334 g/mol. The van der Waals surface area contributed by atoms with Gasteiger partial charge in [0.05, 0.1) is 6.61 Å². The Balaban J connectivity index is 0. The summed E-state index contributed by atoms with van der Waals surface area (Å²) in [6.07, 6.45) is 1.86. The molecule has 0 bridgehead atoms. The van der Waals surface area contributed by atoms with Crippen LogP contribution < -0.4 is 4.89 Å². The van der Waals surface area contributed by atoms with E-state index >= 15 is 0 Å². The van der Waals surface area contributed by atoms with Gasteiger partial charge in [-0.3, -0.25) is 0 Å². The van der Waals surface area contributed by atoms with E-state index in [1.54, 1.807) is 0 Å². The first-order valence-corrected chi connectivity index (χ1v) is 7.95. The van der Waals surface area contributed by atoms with Crippen LogP contribution in [0.5, 0.6) is 0 Å². The quantitative estimate of drug-likeness (QED) is 0.547. The molecule has 0 aromatic rings. The first kappa shape index (κ1) is 16.2. The summed E-state index contributed by atoms with van der Waals surface area (Å²) in [4.78, 5) is 11.3. The molecule has 0 heterocycles. The minimum absolute atomic E-state index is 0. The van der Waals surface area contributed by atoms with Crippen molar-refractivity contribution < 1.29 is 9.42 Å². The van der Waals surface area contributed by atoms with Gasteiger partial charge in [-0.2, -0.15) is 0 Å². The zero-order chi connectivity index (χ0) is 8.74. The van der Waals surface area contributed by atoms with Crippen molar-refractivity contribution in [2.24, 2.45) is 0 Å². The van der Waals surface area contributed by atoms with Gasteiger partial charge in [0.25, 0.3) is 0 Å². The van der Waals surface area contributed by atoms with Gasteiger partial charge in [0.2, 0.25) is 0 Å². The van der Waals surface area contributed by atoms with Crippen LogP contribution in [-0.4, -0.2) is 36.8 Å². The van der Waals surface area contributed by atoms with E-state index < -0.39 is 5.69 Å². The maximum Gasteiger partial charge on any atom is 3.00 e. The topological polar surface area (TPSA) is 32.3 Å². The van der Waals surface area contributed by atoms with Gasteiger partial charge in [-0.15, -0.1) is 11.4 Å². The second kappa shape index (κ2) is 9.30. The summed E-state index contributed by atoms with van der Waals surface area (Å²) >= 11 is 6.04. The Hall–Kier alpha value is 1.74. The Morgan fingerprint density at radius 3 is 2.42 bits per heavy atom. The normalized spacial score (nSPS) is 14.9. The third-order valence-corrected chi connectivity index (χ3v) is 5.39. The van der Waals surface area contributed by atoms with E-state index in [0.29, 0.717) is 6.61 Å². The molecule has 1 atom stereocenters. The largest absolute Gasteiger partial charge is 3.00 e. The van der Waals surface area contributed by atoms with Crippen molar-refractivity contribution in [3.05, 3.63) is 0 Å². The molecular weight excluding hydrogens is 321 g/mol. The summed E-state index contributed by atoms with van der Waals surface area (Å²) in [7, 11) is 0. The van der Waals surface area contributed by atoms with Gasteiger partial charge in [-0.1, -0.05) is 25.7 Å². The number of hydrogen-bond acceptors (Lipinski definition) is 4. The van der Waals surface area contributed by atoms with Crippen LogP contribution >= 0.6 is 17.1 Å². The van der Waals surface area contributed by atoms with Crippen molar-refractivity contribution in [1.29, 1.82) is 0 Å². The molecule has 2 radical (unpaired) electrons. The van der Waals surface area contributed by atoms with E-state index in [1.165, 1.54) is 11.4 Å². The Labute approximate surface area is 101 Å². The SMILES string of the molecule is CCCOP([O-])(=S)SCCC.[Sb+3]. The van der Waals surface area contributed by atoms with Crippen molar-refractivity contribution in [3.63, 3.8) is 0 Å². The molecule has 6 heteroatoms. The second-order valence-electron chi connectivity index (χ2n) is 2.11. The van der Waals surface area contributed by atoms with Crippen molar-refractivity contribution >= 4 is 53.3 Å². The van der Waals surface area contributed by atoms with Crippen molar-refractivity contribution in [1.82, 2.24) is 0 Å². The zero-order valence-electron chi connectivity index (χ0n) is 7.36. The predicted octanol–water partition coefficient (Wildman–Crippen LogP) is 1.76. The van der Waals surface area contributed by atoms with E-state index in [9.17, 15) is 4.89 Å². The molecule has 0 aliphatic heterocycles. The van der Waals surface area contributed by atoms with Gasteiger partial charge >= 0.3 is 24.4 Å². The zero-order valence-corrected chi connectivity index (χ0v) is 12.4. The Bertz CT molecular complexity index is 134. The molecule has 0 rings (SSSR count). The summed E-state index contributed by atoms with van der Waals surface area (Å²) < 4.78 is 5.01. The van der Waals surface area contributed by atoms with Crippen LogP contribution in [0.2, 0.25) is 0 Å². The van der Waals surface area contributed by atoms with Crippen molar-refractivity contribution in [3.8, 4) is 0 Å². The van der Waals surface area contributed by atoms with Gasteiger partial charge < -0.3 is 9.42 Å². The Morgan fingerprint density at radius 2 is 2.00 bits per heavy atom. The van der Waals surface area contributed by atoms with E-state index in [0.717, 1.165) is 18.6 Å². The van der Waals surface area contributed by atoms with E-state index in [4.69, 9.17) is 16.3 Å². The maximum absolute atomic E-state index is 11.3. The molecule has 2 nitrogen and oxygen atoms in total. The van der Waals surface area contributed by atoms with Crippen LogP contribution in [0.25, 0.3) is 0 Å². The third-order valence-electron chi connectivity index (χ3n) is 0.907. The third kappa shape index (κ3) is 9.82. The number of rotatable bonds is 6. The van der Waals surface area contributed by atoms with Crippen molar-refractivity contribution in [2.45, 2.75) is 26.7 Å². The fraction of sp³-hybridized carbons (Fsp3) is 1.00. The first-order chi connectivity index (χ1) is 5.12. The van der Waals surface area contributed by atoms with Gasteiger partial charge in [0, 0.05) is 5.69 Å². The molecule has 0 amide bonds. The van der Waals surface area contributed by atoms with Gasteiger partial charge in [0.1, 0.15) is 0 Å². The fourth-order valence-corrected chi connectivity index (χ4v) is 3.89. The summed E-state index contributed by atoms with van der Waals surface area (Å²) in [6.45, 7) is 4.51. The average Bonchev–Trinajstić information content (AvgIpc) is 1.97. The molecule has 1 unspecified atom stereocenters. The predicted molar refractivity (Wildman–Crippen MR) is 59.0 cm³/mol. The van der Waals surface area contributed by atoms with Crippen molar-refractivity contribution in [2.75, 3.05) is 12.4 Å². The van der Waals surface area contributed by atoms with Crippen LogP contribution in [-0.2, 0) is 16.3 Å². The molecular formula is C6H14O2PS2Sb+2. The molecule has 0 spiro atoms. The first-order valence-electron chi connectivity index (χ1n) is 3.72. The average molecular weight is 335 g/mol. The van der Waals surface area contributed by atoms with E-state index in [2.05, 4.69) is 0 Å². The van der Waals surface area contributed by atoms with Crippen LogP contribution in [0, 0.1) is 0 Å². The molecule has 0 N–H and O–H groups in total. The molecule has 0 aromatic heterocycles. The number of hydrogen-bond donors (Lipinski definition) is 0. The summed E-state index contributed by atoms with van der Waals surface area (Å²) in [6, 6.07) is 0. The summed E-state index contributed by atoms with van der Waals surface area (Å²) in [5, 5.41) is 0. The van der Waals surface area contributed by atoms with E-state index in [1.807, 2.05) is 13.8 Å². The van der Waals surface area contributed by atoms with Gasteiger partial charge in [-0.05, 0) is 18.6 Å². The molecule has 0 aliphatic rings. The smallest absolute Gasteiger partial charge is 0.793 e. The summed E-state index contributed by atoms with van der Waals surface area (Å²) in [5.74, 6) is 0.824. The molecule has 0 aliphatic carbocycles. The molecule has 70 valence electrons. The molecule has 0 fully saturated rings. The van der Waals surface area contributed by atoms with Crippen LogP contribution in [0.15, 0.2) is 0 Å². The Morgan fingerprint density at radius 1 is 1.42 bits per heavy atom. The van der Waals surface area contributed by atoms with Gasteiger partial charge in [0.15, 0.2) is 0 Å². The summed E-state index contributed by atoms with van der Waals surface area (Å²) in [5.41, 5.74) is -2.73. The Kier molecular flexibility index (Phi) is 12.5. The molecule has 12 heavy (non-hydrogen) atoms. The molecule has 0 saturated carbocycles. The minimum atomic E-state index is -2.73.